The number of anilines is 2. The third-order valence-corrected chi connectivity index (χ3v) is 2.80. The number of pyridine rings is 1. The largest absolute Gasteiger partial charge is 0.497 e. The second-order valence-electron chi connectivity index (χ2n) is 4.20. The van der Waals surface area contributed by atoms with Crippen LogP contribution in [0.15, 0.2) is 36.4 Å². The summed E-state index contributed by atoms with van der Waals surface area (Å²) in [4.78, 5) is 14.4. The van der Waals surface area contributed by atoms with Gasteiger partial charge in [0.15, 0.2) is 0 Å². The van der Waals surface area contributed by atoms with E-state index in [9.17, 15) is 10.1 Å². The van der Waals surface area contributed by atoms with Crippen LogP contribution < -0.4 is 21.3 Å². The molecule has 110 valence electrons. The highest BCUT2D eigenvalue weighted by molar-refractivity contribution is 5.54. The van der Waals surface area contributed by atoms with E-state index in [4.69, 9.17) is 10.6 Å². The van der Waals surface area contributed by atoms with Crippen molar-refractivity contribution in [3.8, 4) is 5.75 Å². The monoisotopic (exact) mass is 289 g/mol. The van der Waals surface area contributed by atoms with Crippen LogP contribution in [0.5, 0.6) is 5.75 Å². The average Bonchev–Trinajstić information content (AvgIpc) is 2.53. The second-order valence-corrected chi connectivity index (χ2v) is 4.20. The molecule has 1 aromatic carbocycles. The number of nitrogens with zero attached hydrogens (tertiary/aromatic N) is 2. The summed E-state index contributed by atoms with van der Waals surface area (Å²) in [6.07, 6.45) is 0. The highest BCUT2D eigenvalue weighted by Crippen LogP contribution is 2.20. The molecule has 0 bridgehead atoms. The summed E-state index contributed by atoms with van der Waals surface area (Å²) in [6, 6.07) is 10.1. The van der Waals surface area contributed by atoms with Crippen molar-refractivity contribution in [1.82, 2.24) is 4.98 Å². The molecule has 8 heteroatoms. The molecule has 0 unspecified atom stereocenters. The lowest BCUT2D eigenvalue weighted by atomic mass is 10.2. The van der Waals surface area contributed by atoms with Gasteiger partial charge in [-0.3, -0.25) is 10.1 Å². The van der Waals surface area contributed by atoms with E-state index < -0.39 is 4.92 Å². The number of ether oxygens (including phenoxy) is 1. The summed E-state index contributed by atoms with van der Waals surface area (Å²) in [5, 5.41) is 13.9. The Bertz CT molecular complexity index is 630. The number of nitrogen functional groups attached to an aromatic ring is 1. The third kappa shape index (κ3) is 3.80. The molecule has 21 heavy (non-hydrogen) atoms. The molecule has 0 saturated heterocycles. The molecular weight excluding hydrogens is 274 g/mol. The van der Waals surface area contributed by atoms with Crippen LogP contribution in [-0.2, 0) is 6.54 Å². The van der Waals surface area contributed by atoms with Gasteiger partial charge in [-0.15, -0.1) is 0 Å². The maximum absolute atomic E-state index is 10.8. The van der Waals surface area contributed by atoms with E-state index in [1.807, 2.05) is 24.3 Å². The van der Waals surface area contributed by atoms with Crippen LogP contribution in [0.3, 0.4) is 0 Å². The Morgan fingerprint density at radius 3 is 2.52 bits per heavy atom. The average molecular weight is 289 g/mol. The quantitative estimate of drug-likeness (QED) is 0.422. The third-order valence-electron chi connectivity index (χ3n) is 2.80. The van der Waals surface area contributed by atoms with Crippen LogP contribution >= 0.6 is 0 Å². The predicted molar refractivity (Wildman–Crippen MR) is 79.0 cm³/mol. The van der Waals surface area contributed by atoms with Crippen LogP contribution in [0.2, 0.25) is 0 Å². The Balaban J connectivity index is 2.11. The number of rotatable bonds is 6. The van der Waals surface area contributed by atoms with Crippen molar-refractivity contribution >= 4 is 17.3 Å². The molecule has 0 spiro atoms. The van der Waals surface area contributed by atoms with Crippen molar-refractivity contribution in [2.24, 2.45) is 5.84 Å². The van der Waals surface area contributed by atoms with E-state index in [1.54, 1.807) is 7.11 Å². The molecule has 2 aromatic rings. The van der Waals surface area contributed by atoms with Gasteiger partial charge in [0.1, 0.15) is 17.4 Å². The first-order valence-electron chi connectivity index (χ1n) is 6.12. The molecule has 0 aliphatic heterocycles. The van der Waals surface area contributed by atoms with E-state index >= 15 is 0 Å². The lowest BCUT2D eigenvalue weighted by Gasteiger charge is -2.08. The molecule has 0 saturated carbocycles. The zero-order chi connectivity index (χ0) is 15.2. The second kappa shape index (κ2) is 6.53. The summed E-state index contributed by atoms with van der Waals surface area (Å²) in [7, 11) is 1.60. The van der Waals surface area contributed by atoms with Crippen LogP contribution in [0.1, 0.15) is 5.56 Å². The fourth-order valence-corrected chi connectivity index (χ4v) is 1.72. The van der Waals surface area contributed by atoms with Crippen molar-refractivity contribution in [2.75, 3.05) is 17.9 Å². The molecular formula is C13H15N5O3. The Morgan fingerprint density at radius 1 is 1.29 bits per heavy atom. The van der Waals surface area contributed by atoms with E-state index in [0.29, 0.717) is 12.4 Å². The van der Waals surface area contributed by atoms with Gasteiger partial charge in [-0.2, -0.15) is 0 Å². The van der Waals surface area contributed by atoms with Crippen LogP contribution in [-0.4, -0.2) is 17.0 Å². The number of hydrazine groups is 1. The standard InChI is InChI=1S/C13H15N5O3/c1-21-11-4-2-9(3-5-11)8-15-12-6-10(18(19)20)7-13(16-12)17-14/h2-7H,8,14H2,1H3,(H2,15,16,17). The highest BCUT2D eigenvalue weighted by atomic mass is 16.6. The molecule has 8 nitrogen and oxygen atoms in total. The molecule has 1 heterocycles. The Morgan fingerprint density at radius 2 is 1.95 bits per heavy atom. The molecule has 1 aromatic heterocycles. The van der Waals surface area contributed by atoms with Crippen molar-refractivity contribution in [1.29, 1.82) is 0 Å². The maximum atomic E-state index is 10.8. The molecule has 4 N–H and O–H groups in total. The minimum atomic E-state index is -0.499. The number of nitro groups is 1. The first-order valence-corrected chi connectivity index (χ1v) is 6.12. The van der Waals surface area contributed by atoms with Gasteiger partial charge in [-0.25, -0.2) is 10.8 Å². The van der Waals surface area contributed by atoms with Crippen LogP contribution in [0.25, 0.3) is 0 Å². The van der Waals surface area contributed by atoms with Gasteiger partial charge >= 0.3 is 0 Å². The normalized spacial score (nSPS) is 10.0. The van der Waals surface area contributed by atoms with Crippen LogP contribution in [0, 0.1) is 10.1 Å². The van der Waals surface area contributed by atoms with Gasteiger partial charge in [0.25, 0.3) is 5.69 Å². The highest BCUT2D eigenvalue weighted by Gasteiger charge is 2.10. The number of nitrogens with two attached hydrogens (primary N) is 1. The summed E-state index contributed by atoms with van der Waals surface area (Å²) in [5.41, 5.74) is 3.21. The summed E-state index contributed by atoms with van der Waals surface area (Å²) in [6.45, 7) is 0.474. The Labute approximate surface area is 121 Å². The van der Waals surface area contributed by atoms with Gasteiger partial charge < -0.3 is 15.5 Å². The van der Waals surface area contributed by atoms with Crippen LogP contribution in [0.4, 0.5) is 17.3 Å². The maximum Gasteiger partial charge on any atom is 0.276 e. The molecule has 0 aliphatic rings. The lowest BCUT2D eigenvalue weighted by Crippen LogP contribution is -2.10. The molecule has 0 atom stereocenters. The number of hydrogen-bond acceptors (Lipinski definition) is 7. The Hall–Kier alpha value is -2.87. The minimum absolute atomic E-state index is 0.0878. The van der Waals surface area contributed by atoms with E-state index in [1.165, 1.54) is 12.1 Å². The van der Waals surface area contributed by atoms with Crippen molar-refractivity contribution in [3.63, 3.8) is 0 Å². The number of nitrogens with one attached hydrogen (secondary N) is 2. The smallest absolute Gasteiger partial charge is 0.276 e. The van der Waals surface area contributed by atoms with E-state index in [-0.39, 0.29) is 11.5 Å². The van der Waals surface area contributed by atoms with Gasteiger partial charge in [0, 0.05) is 6.54 Å². The fraction of sp³-hybridized carbons (Fsp3) is 0.154. The van der Waals surface area contributed by atoms with Gasteiger partial charge in [-0.1, -0.05) is 12.1 Å². The lowest BCUT2D eigenvalue weighted by molar-refractivity contribution is -0.384. The molecule has 0 radical (unpaired) electrons. The predicted octanol–water partition coefficient (Wildman–Crippen LogP) is 1.90. The fourth-order valence-electron chi connectivity index (χ4n) is 1.72. The molecule has 0 amide bonds. The van der Waals surface area contributed by atoms with Crippen molar-refractivity contribution in [3.05, 3.63) is 52.1 Å². The first-order chi connectivity index (χ1) is 10.1. The summed E-state index contributed by atoms with van der Waals surface area (Å²) >= 11 is 0. The topological polar surface area (TPSA) is 115 Å². The minimum Gasteiger partial charge on any atom is -0.497 e. The number of methoxy groups -OCH3 is 1. The van der Waals surface area contributed by atoms with E-state index in [2.05, 4.69) is 15.7 Å². The Kier molecular flexibility index (Phi) is 4.52. The number of benzene rings is 1. The molecule has 2 rings (SSSR count). The van der Waals surface area contributed by atoms with Gasteiger partial charge in [0.2, 0.25) is 0 Å². The first kappa shape index (κ1) is 14.5. The zero-order valence-electron chi connectivity index (χ0n) is 11.4. The van der Waals surface area contributed by atoms with Crippen molar-refractivity contribution < 1.29 is 9.66 Å². The van der Waals surface area contributed by atoms with Gasteiger partial charge in [0.05, 0.1) is 24.2 Å². The van der Waals surface area contributed by atoms with E-state index in [0.717, 1.165) is 11.3 Å². The summed E-state index contributed by atoms with van der Waals surface area (Å²) in [5.74, 6) is 6.61. The SMILES string of the molecule is COc1ccc(CNc2cc([N+](=O)[O-])cc(NN)n2)cc1. The zero-order valence-corrected chi connectivity index (χ0v) is 11.4. The molecule has 0 aliphatic carbocycles. The van der Waals surface area contributed by atoms with Gasteiger partial charge in [-0.05, 0) is 17.7 Å². The summed E-state index contributed by atoms with van der Waals surface area (Å²) < 4.78 is 5.07. The number of hydrogen-bond donors (Lipinski definition) is 3. The number of aromatic nitrogens is 1. The molecule has 0 fully saturated rings. The van der Waals surface area contributed by atoms with Crippen molar-refractivity contribution in [2.45, 2.75) is 6.54 Å².